The summed E-state index contributed by atoms with van der Waals surface area (Å²) in [5, 5.41) is 13.2. The van der Waals surface area contributed by atoms with Crippen LogP contribution in [0.15, 0.2) is 22.7 Å². The third kappa shape index (κ3) is 4.70. The molecular weight excluding hydrogens is 293 g/mol. The first-order valence-electron chi connectivity index (χ1n) is 5.10. The van der Waals surface area contributed by atoms with Crippen molar-refractivity contribution >= 4 is 27.5 Å². The lowest BCUT2D eigenvalue weighted by atomic mass is 10.3. The Morgan fingerprint density at radius 1 is 1.56 bits per heavy atom. The quantitative estimate of drug-likeness (QED) is 0.848. The fraction of sp³-hybridized carbons (Fsp3) is 0.455. The second-order valence-electron chi connectivity index (χ2n) is 3.35. The summed E-state index contributed by atoms with van der Waals surface area (Å²) in [5.74, 6) is 0.681. The molecule has 1 unspecified atom stereocenters. The summed E-state index contributed by atoms with van der Waals surface area (Å²) in [5.41, 5.74) is 0. The third-order valence-corrected chi connectivity index (χ3v) is 2.81. The van der Waals surface area contributed by atoms with Crippen molar-refractivity contribution in [2.75, 3.05) is 19.7 Å². The van der Waals surface area contributed by atoms with Crippen LogP contribution in [0.2, 0.25) is 5.02 Å². The van der Waals surface area contributed by atoms with Crippen molar-refractivity contribution < 1.29 is 9.84 Å². The number of hydrogen-bond acceptors (Lipinski definition) is 3. The summed E-state index contributed by atoms with van der Waals surface area (Å²) < 4.78 is 6.24. The van der Waals surface area contributed by atoms with E-state index in [9.17, 15) is 5.11 Å². The topological polar surface area (TPSA) is 41.5 Å². The highest BCUT2D eigenvalue weighted by Crippen LogP contribution is 2.27. The second-order valence-corrected chi connectivity index (χ2v) is 4.64. The van der Waals surface area contributed by atoms with E-state index in [0.717, 1.165) is 11.0 Å². The second kappa shape index (κ2) is 7.12. The van der Waals surface area contributed by atoms with E-state index in [1.54, 1.807) is 18.2 Å². The van der Waals surface area contributed by atoms with Crippen LogP contribution in [0.1, 0.15) is 6.92 Å². The average molecular weight is 309 g/mol. The fourth-order valence-corrected chi connectivity index (χ4v) is 1.95. The SMILES string of the molecule is CCNCC(O)COc1ccc(Cl)cc1Br. The van der Waals surface area contributed by atoms with Crippen LogP contribution in [0.3, 0.4) is 0 Å². The monoisotopic (exact) mass is 307 g/mol. The summed E-state index contributed by atoms with van der Waals surface area (Å²) in [6.07, 6.45) is -0.512. The molecular formula is C11H15BrClNO2. The van der Waals surface area contributed by atoms with Crippen LogP contribution in [-0.2, 0) is 0 Å². The van der Waals surface area contributed by atoms with Crippen LogP contribution in [0.25, 0.3) is 0 Å². The largest absolute Gasteiger partial charge is 0.490 e. The highest BCUT2D eigenvalue weighted by molar-refractivity contribution is 9.10. The molecule has 2 N–H and O–H groups in total. The number of aliphatic hydroxyl groups excluding tert-OH is 1. The zero-order chi connectivity index (χ0) is 12.0. The van der Waals surface area contributed by atoms with E-state index >= 15 is 0 Å². The number of ether oxygens (including phenoxy) is 1. The maximum atomic E-state index is 9.56. The molecule has 5 heteroatoms. The Morgan fingerprint density at radius 3 is 2.94 bits per heavy atom. The normalized spacial score (nSPS) is 12.5. The zero-order valence-corrected chi connectivity index (χ0v) is 11.4. The molecule has 1 aromatic rings. The Balaban J connectivity index is 2.42. The van der Waals surface area contributed by atoms with Gasteiger partial charge in [0.15, 0.2) is 0 Å². The number of nitrogens with one attached hydrogen (secondary N) is 1. The molecule has 0 saturated heterocycles. The van der Waals surface area contributed by atoms with E-state index in [1.807, 2.05) is 6.92 Å². The molecule has 0 aliphatic carbocycles. The van der Waals surface area contributed by atoms with Crippen molar-refractivity contribution in [2.45, 2.75) is 13.0 Å². The van der Waals surface area contributed by atoms with Gasteiger partial charge >= 0.3 is 0 Å². The maximum Gasteiger partial charge on any atom is 0.133 e. The first kappa shape index (κ1) is 13.8. The average Bonchev–Trinajstić information content (AvgIpc) is 2.25. The molecule has 0 fully saturated rings. The van der Waals surface area contributed by atoms with Crippen LogP contribution in [0, 0.1) is 0 Å². The van der Waals surface area contributed by atoms with Gasteiger partial charge in [0, 0.05) is 11.6 Å². The van der Waals surface area contributed by atoms with Gasteiger partial charge in [-0.1, -0.05) is 18.5 Å². The van der Waals surface area contributed by atoms with Crippen molar-refractivity contribution in [3.63, 3.8) is 0 Å². The molecule has 90 valence electrons. The molecule has 1 atom stereocenters. The molecule has 1 aromatic carbocycles. The Kier molecular flexibility index (Phi) is 6.13. The first-order valence-corrected chi connectivity index (χ1v) is 6.27. The van der Waals surface area contributed by atoms with Crippen molar-refractivity contribution in [2.24, 2.45) is 0 Å². The Labute approximate surface area is 109 Å². The number of halogens is 2. The molecule has 0 aliphatic heterocycles. The standard InChI is InChI=1S/C11H15BrClNO2/c1-2-14-6-9(15)7-16-11-4-3-8(13)5-10(11)12/h3-5,9,14-15H,2,6-7H2,1H3. The van der Waals surface area contributed by atoms with Crippen LogP contribution < -0.4 is 10.1 Å². The van der Waals surface area contributed by atoms with Crippen LogP contribution in [0.5, 0.6) is 5.75 Å². The summed E-state index contributed by atoms with van der Waals surface area (Å²) in [4.78, 5) is 0. The highest BCUT2D eigenvalue weighted by atomic mass is 79.9. The lowest BCUT2D eigenvalue weighted by Gasteiger charge is -2.13. The van der Waals surface area contributed by atoms with E-state index in [2.05, 4.69) is 21.2 Å². The number of likely N-dealkylation sites (N-methyl/N-ethyl adjacent to an activating group) is 1. The Hall–Kier alpha value is -0.290. The minimum absolute atomic E-state index is 0.257. The molecule has 0 saturated carbocycles. The van der Waals surface area contributed by atoms with Gasteiger partial charge in [-0.2, -0.15) is 0 Å². The molecule has 0 aliphatic rings. The first-order chi connectivity index (χ1) is 7.63. The third-order valence-electron chi connectivity index (χ3n) is 1.96. The predicted molar refractivity (Wildman–Crippen MR) is 69.2 cm³/mol. The van der Waals surface area contributed by atoms with Gasteiger partial charge in [-0.25, -0.2) is 0 Å². The summed E-state index contributed by atoms with van der Waals surface area (Å²) in [6, 6.07) is 5.28. The van der Waals surface area contributed by atoms with Crippen LogP contribution in [-0.4, -0.2) is 30.9 Å². The van der Waals surface area contributed by atoms with Crippen molar-refractivity contribution in [3.05, 3.63) is 27.7 Å². The predicted octanol–water partition coefficient (Wildman–Crippen LogP) is 2.45. The molecule has 1 rings (SSSR count). The molecule has 0 radical (unpaired) electrons. The van der Waals surface area contributed by atoms with Crippen LogP contribution in [0.4, 0.5) is 0 Å². The van der Waals surface area contributed by atoms with E-state index in [4.69, 9.17) is 16.3 Å². The summed E-state index contributed by atoms with van der Waals surface area (Å²) in [7, 11) is 0. The van der Waals surface area contributed by atoms with Gasteiger partial charge in [-0.15, -0.1) is 0 Å². The molecule has 3 nitrogen and oxygen atoms in total. The van der Waals surface area contributed by atoms with Crippen LogP contribution >= 0.6 is 27.5 Å². The molecule has 0 heterocycles. The number of rotatable bonds is 6. The van der Waals surface area contributed by atoms with Gasteiger partial charge in [0.2, 0.25) is 0 Å². The van der Waals surface area contributed by atoms with Crippen molar-refractivity contribution in [3.8, 4) is 5.75 Å². The van der Waals surface area contributed by atoms with E-state index in [0.29, 0.717) is 17.3 Å². The van der Waals surface area contributed by atoms with Crippen molar-refractivity contribution in [1.82, 2.24) is 5.32 Å². The van der Waals surface area contributed by atoms with Gasteiger partial charge in [0.1, 0.15) is 18.5 Å². The van der Waals surface area contributed by atoms with Crippen molar-refractivity contribution in [1.29, 1.82) is 0 Å². The molecule has 0 amide bonds. The van der Waals surface area contributed by atoms with E-state index < -0.39 is 6.10 Å². The number of aliphatic hydroxyl groups is 1. The van der Waals surface area contributed by atoms with Gasteiger partial charge < -0.3 is 15.2 Å². The number of benzene rings is 1. The van der Waals surface area contributed by atoms with E-state index in [1.165, 1.54) is 0 Å². The Morgan fingerprint density at radius 2 is 2.31 bits per heavy atom. The Bertz CT molecular complexity index is 336. The lowest BCUT2D eigenvalue weighted by Crippen LogP contribution is -2.31. The molecule has 0 spiro atoms. The lowest BCUT2D eigenvalue weighted by molar-refractivity contribution is 0.106. The zero-order valence-electron chi connectivity index (χ0n) is 9.04. The smallest absolute Gasteiger partial charge is 0.133 e. The number of hydrogen-bond donors (Lipinski definition) is 2. The molecule has 16 heavy (non-hydrogen) atoms. The van der Waals surface area contributed by atoms with E-state index in [-0.39, 0.29) is 6.61 Å². The summed E-state index contributed by atoms with van der Waals surface area (Å²) in [6.45, 7) is 3.61. The fourth-order valence-electron chi connectivity index (χ4n) is 1.15. The highest BCUT2D eigenvalue weighted by Gasteiger charge is 2.06. The minimum Gasteiger partial charge on any atom is -0.490 e. The van der Waals surface area contributed by atoms with Gasteiger partial charge in [-0.05, 0) is 40.7 Å². The minimum atomic E-state index is -0.512. The molecule has 0 aromatic heterocycles. The van der Waals surface area contributed by atoms with Gasteiger partial charge in [0.05, 0.1) is 4.47 Å². The molecule has 0 bridgehead atoms. The summed E-state index contributed by atoms with van der Waals surface area (Å²) >= 11 is 9.15. The van der Waals surface area contributed by atoms with Gasteiger partial charge in [0.25, 0.3) is 0 Å². The van der Waals surface area contributed by atoms with Gasteiger partial charge in [-0.3, -0.25) is 0 Å². The maximum absolute atomic E-state index is 9.56.